The minimum Gasteiger partial charge on any atom is -0.354 e. The van der Waals surface area contributed by atoms with Gasteiger partial charge in [-0.05, 0) is 44.9 Å². The van der Waals surface area contributed by atoms with Crippen molar-refractivity contribution >= 4 is 5.91 Å². The number of benzene rings is 1. The van der Waals surface area contributed by atoms with Crippen molar-refractivity contribution < 1.29 is 4.79 Å². The zero-order valence-electron chi connectivity index (χ0n) is 12.5. The Hall–Kier alpha value is -1.35. The van der Waals surface area contributed by atoms with Crippen LogP contribution in [0.15, 0.2) is 18.2 Å². The van der Waals surface area contributed by atoms with Crippen molar-refractivity contribution in [3.05, 3.63) is 34.9 Å². The average molecular weight is 262 g/mol. The Kier molecular flexibility index (Phi) is 6.03. The molecular weight excluding hydrogens is 236 g/mol. The minimum atomic E-state index is 0.0886. The maximum atomic E-state index is 12.0. The van der Waals surface area contributed by atoms with E-state index in [2.05, 4.69) is 44.3 Å². The standard InChI is InChI=1S/C16H26N2O/c1-5-13(4)18-16(19)9-14(10-17)15-8-11(2)6-7-12(15)3/h6-8,13-14H,5,9-10,17H2,1-4H3,(H,18,19). The number of aryl methyl sites for hydroxylation is 2. The molecule has 1 amide bonds. The first-order chi connectivity index (χ1) is 8.97. The van der Waals surface area contributed by atoms with Gasteiger partial charge in [-0.2, -0.15) is 0 Å². The number of rotatable bonds is 6. The number of nitrogens with two attached hydrogens (primary N) is 1. The Morgan fingerprint density at radius 2 is 2.05 bits per heavy atom. The van der Waals surface area contributed by atoms with Gasteiger partial charge >= 0.3 is 0 Å². The van der Waals surface area contributed by atoms with E-state index in [0.717, 1.165) is 6.42 Å². The fourth-order valence-electron chi connectivity index (χ4n) is 2.18. The van der Waals surface area contributed by atoms with Crippen molar-refractivity contribution in [2.24, 2.45) is 5.73 Å². The highest BCUT2D eigenvalue weighted by Crippen LogP contribution is 2.23. The molecule has 0 aliphatic rings. The third-order valence-corrected chi connectivity index (χ3v) is 3.61. The fraction of sp³-hybridized carbons (Fsp3) is 0.562. The van der Waals surface area contributed by atoms with Crippen molar-refractivity contribution in [2.75, 3.05) is 6.54 Å². The van der Waals surface area contributed by atoms with Gasteiger partial charge in [0.1, 0.15) is 0 Å². The summed E-state index contributed by atoms with van der Waals surface area (Å²) in [4.78, 5) is 12.0. The zero-order chi connectivity index (χ0) is 14.4. The summed E-state index contributed by atoms with van der Waals surface area (Å²) < 4.78 is 0. The molecule has 1 aromatic carbocycles. The van der Waals surface area contributed by atoms with E-state index < -0.39 is 0 Å². The first kappa shape index (κ1) is 15.7. The topological polar surface area (TPSA) is 55.1 Å². The lowest BCUT2D eigenvalue weighted by Gasteiger charge is -2.19. The second-order valence-corrected chi connectivity index (χ2v) is 5.37. The van der Waals surface area contributed by atoms with Gasteiger partial charge in [0.25, 0.3) is 0 Å². The van der Waals surface area contributed by atoms with E-state index >= 15 is 0 Å². The smallest absolute Gasteiger partial charge is 0.220 e. The van der Waals surface area contributed by atoms with E-state index in [9.17, 15) is 4.79 Å². The SMILES string of the molecule is CCC(C)NC(=O)CC(CN)c1cc(C)ccc1C. The van der Waals surface area contributed by atoms with E-state index in [4.69, 9.17) is 5.73 Å². The van der Waals surface area contributed by atoms with Crippen LogP contribution < -0.4 is 11.1 Å². The summed E-state index contributed by atoms with van der Waals surface area (Å²) in [5.74, 6) is 0.190. The summed E-state index contributed by atoms with van der Waals surface area (Å²) in [7, 11) is 0. The first-order valence-corrected chi connectivity index (χ1v) is 7.04. The van der Waals surface area contributed by atoms with E-state index in [1.807, 2.05) is 6.92 Å². The summed E-state index contributed by atoms with van der Waals surface area (Å²) in [6.07, 6.45) is 1.41. The molecule has 0 aromatic heterocycles. The molecule has 106 valence electrons. The van der Waals surface area contributed by atoms with Gasteiger partial charge in [0.2, 0.25) is 5.91 Å². The van der Waals surface area contributed by atoms with Crippen LogP contribution in [0.25, 0.3) is 0 Å². The van der Waals surface area contributed by atoms with Gasteiger partial charge in [0, 0.05) is 18.4 Å². The highest BCUT2D eigenvalue weighted by molar-refractivity contribution is 5.77. The van der Waals surface area contributed by atoms with Crippen LogP contribution in [-0.4, -0.2) is 18.5 Å². The zero-order valence-corrected chi connectivity index (χ0v) is 12.5. The van der Waals surface area contributed by atoms with Gasteiger partial charge in [0.05, 0.1) is 0 Å². The summed E-state index contributed by atoms with van der Waals surface area (Å²) in [6.45, 7) is 8.72. The second-order valence-electron chi connectivity index (χ2n) is 5.37. The number of amides is 1. The molecule has 0 aliphatic heterocycles. The molecule has 3 nitrogen and oxygen atoms in total. The number of carbonyl (C=O) groups excluding carboxylic acids is 1. The predicted molar refractivity (Wildman–Crippen MR) is 80.2 cm³/mol. The van der Waals surface area contributed by atoms with Gasteiger partial charge in [0.15, 0.2) is 0 Å². The van der Waals surface area contributed by atoms with Crippen LogP contribution in [0.3, 0.4) is 0 Å². The van der Waals surface area contributed by atoms with Crippen molar-refractivity contribution in [1.82, 2.24) is 5.32 Å². The average Bonchev–Trinajstić information content (AvgIpc) is 2.38. The molecule has 0 spiro atoms. The third kappa shape index (κ3) is 4.67. The maximum absolute atomic E-state index is 12.0. The van der Waals surface area contributed by atoms with Crippen LogP contribution in [0.2, 0.25) is 0 Å². The molecule has 0 aliphatic carbocycles. The molecule has 0 saturated heterocycles. The van der Waals surface area contributed by atoms with Crippen molar-refractivity contribution in [2.45, 2.75) is 52.5 Å². The Morgan fingerprint density at radius 3 is 2.63 bits per heavy atom. The molecule has 2 atom stereocenters. The molecule has 2 unspecified atom stereocenters. The molecule has 1 rings (SSSR count). The van der Waals surface area contributed by atoms with Gasteiger partial charge in [-0.25, -0.2) is 0 Å². The molecule has 19 heavy (non-hydrogen) atoms. The van der Waals surface area contributed by atoms with Crippen molar-refractivity contribution in [3.8, 4) is 0 Å². The van der Waals surface area contributed by atoms with E-state index in [1.165, 1.54) is 16.7 Å². The number of hydrogen-bond acceptors (Lipinski definition) is 2. The van der Waals surface area contributed by atoms with Crippen molar-refractivity contribution in [3.63, 3.8) is 0 Å². The first-order valence-electron chi connectivity index (χ1n) is 7.04. The van der Waals surface area contributed by atoms with Crippen LogP contribution >= 0.6 is 0 Å². The normalized spacial score (nSPS) is 13.9. The molecule has 1 aromatic rings. The van der Waals surface area contributed by atoms with Crippen molar-refractivity contribution in [1.29, 1.82) is 0 Å². The Morgan fingerprint density at radius 1 is 1.37 bits per heavy atom. The highest BCUT2D eigenvalue weighted by Gasteiger charge is 2.17. The fourth-order valence-corrected chi connectivity index (χ4v) is 2.18. The monoisotopic (exact) mass is 262 g/mol. The Labute approximate surface area is 116 Å². The molecular formula is C16H26N2O. The van der Waals surface area contributed by atoms with Gasteiger partial charge in [-0.15, -0.1) is 0 Å². The van der Waals surface area contributed by atoms with Gasteiger partial charge < -0.3 is 11.1 Å². The number of hydrogen-bond donors (Lipinski definition) is 2. The lowest BCUT2D eigenvalue weighted by Crippen LogP contribution is -2.34. The summed E-state index contributed by atoms with van der Waals surface area (Å²) in [6, 6.07) is 6.55. The van der Waals surface area contributed by atoms with E-state index in [-0.39, 0.29) is 17.9 Å². The van der Waals surface area contributed by atoms with E-state index in [0.29, 0.717) is 13.0 Å². The summed E-state index contributed by atoms with van der Waals surface area (Å²) in [5.41, 5.74) is 9.47. The maximum Gasteiger partial charge on any atom is 0.220 e. The predicted octanol–water partition coefficient (Wildman–Crippen LogP) is 2.65. The van der Waals surface area contributed by atoms with Crippen LogP contribution in [0.5, 0.6) is 0 Å². The summed E-state index contributed by atoms with van der Waals surface area (Å²) in [5, 5.41) is 3.00. The van der Waals surface area contributed by atoms with Crippen LogP contribution in [0, 0.1) is 13.8 Å². The van der Waals surface area contributed by atoms with Crippen LogP contribution in [0.4, 0.5) is 0 Å². The Balaban J connectivity index is 2.78. The Bertz CT molecular complexity index is 429. The quantitative estimate of drug-likeness (QED) is 0.828. The lowest BCUT2D eigenvalue weighted by molar-refractivity contribution is -0.122. The minimum absolute atomic E-state index is 0.0886. The number of nitrogens with one attached hydrogen (secondary N) is 1. The molecule has 0 fully saturated rings. The molecule has 0 heterocycles. The second kappa shape index (κ2) is 7.29. The largest absolute Gasteiger partial charge is 0.354 e. The molecule has 0 radical (unpaired) electrons. The molecule has 3 heteroatoms. The molecule has 0 bridgehead atoms. The van der Waals surface area contributed by atoms with Gasteiger partial charge in [-0.3, -0.25) is 4.79 Å². The number of carbonyl (C=O) groups is 1. The van der Waals surface area contributed by atoms with E-state index in [1.54, 1.807) is 0 Å². The van der Waals surface area contributed by atoms with Crippen LogP contribution in [0.1, 0.15) is 49.3 Å². The summed E-state index contributed by atoms with van der Waals surface area (Å²) >= 11 is 0. The third-order valence-electron chi connectivity index (χ3n) is 3.61. The lowest BCUT2D eigenvalue weighted by atomic mass is 9.90. The molecule has 3 N–H and O–H groups in total. The van der Waals surface area contributed by atoms with Crippen LogP contribution in [-0.2, 0) is 4.79 Å². The van der Waals surface area contributed by atoms with Gasteiger partial charge in [-0.1, -0.05) is 30.7 Å². The highest BCUT2D eigenvalue weighted by atomic mass is 16.1. The molecule has 0 saturated carbocycles.